The zero-order valence-electron chi connectivity index (χ0n) is 9.75. The van der Waals surface area contributed by atoms with Crippen molar-refractivity contribution in [3.05, 3.63) is 48.3 Å². The number of oxazole rings is 1. The molecule has 18 heavy (non-hydrogen) atoms. The normalized spacial score (nSPS) is 10.7. The molecular formula is C14H10N2O2. The SMILES string of the molecule is CC(=O)c1ccc2oc(-c3cccnc3)nc2c1. The van der Waals surface area contributed by atoms with Crippen LogP contribution >= 0.6 is 0 Å². The molecule has 0 aliphatic carbocycles. The van der Waals surface area contributed by atoms with Gasteiger partial charge in [-0.15, -0.1) is 0 Å². The first-order chi connectivity index (χ1) is 8.74. The van der Waals surface area contributed by atoms with Crippen molar-refractivity contribution in [1.29, 1.82) is 0 Å². The molecule has 3 rings (SSSR count). The molecule has 0 N–H and O–H groups in total. The molecule has 2 heterocycles. The Labute approximate surface area is 103 Å². The minimum Gasteiger partial charge on any atom is -0.436 e. The van der Waals surface area contributed by atoms with Gasteiger partial charge in [0.05, 0.1) is 5.56 Å². The topological polar surface area (TPSA) is 56.0 Å². The molecule has 0 saturated heterocycles. The molecule has 88 valence electrons. The van der Waals surface area contributed by atoms with E-state index in [2.05, 4.69) is 9.97 Å². The van der Waals surface area contributed by atoms with E-state index in [0.717, 1.165) is 5.56 Å². The van der Waals surface area contributed by atoms with Gasteiger partial charge in [0.25, 0.3) is 0 Å². The van der Waals surface area contributed by atoms with Crippen molar-refractivity contribution in [2.45, 2.75) is 6.92 Å². The summed E-state index contributed by atoms with van der Waals surface area (Å²) in [6, 6.07) is 8.94. The lowest BCUT2D eigenvalue weighted by Crippen LogP contribution is -1.90. The minimum atomic E-state index is 0.0165. The van der Waals surface area contributed by atoms with Crippen LogP contribution in [0.1, 0.15) is 17.3 Å². The van der Waals surface area contributed by atoms with Crippen molar-refractivity contribution in [3.63, 3.8) is 0 Å². The van der Waals surface area contributed by atoms with E-state index in [4.69, 9.17) is 4.42 Å². The highest BCUT2D eigenvalue weighted by Crippen LogP contribution is 2.24. The highest BCUT2D eigenvalue weighted by molar-refractivity contribution is 5.97. The van der Waals surface area contributed by atoms with Crippen molar-refractivity contribution in [2.75, 3.05) is 0 Å². The Morgan fingerprint density at radius 2 is 2.17 bits per heavy atom. The second kappa shape index (κ2) is 4.07. The maximum absolute atomic E-state index is 11.3. The molecule has 0 unspecified atom stereocenters. The van der Waals surface area contributed by atoms with E-state index < -0.39 is 0 Å². The maximum atomic E-state index is 11.3. The van der Waals surface area contributed by atoms with E-state index in [1.54, 1.807) is 30.6 Å². The summed E-state index contributed by atoms with van der Waals surface area (Å²) in [7, 11) is 0. The van der Waals surface area contributed by atoms with Crippen LogP contribution < -0.4 is 0 Å². The monoisotopic (exact) mass is 238 g/mol. The Morgan fingerprint density at radius 3 is 2.89 bits per heavy atom. The number of fused-ring (bicyclic) bond motifs is 1. The molecule has 0 amide bonds. The number of benzene rings is 1. The van der Waals surface area contributed by atoms with Crippen LogP contribution in [0.3, 0.4) is 0 Å². The standard InChI is InChI=1S/C14H10N2O2/c1-9(17)10-4-5-13-12(7-10)16-14(18-13)11-3-2-6-15-8-11/h2-8H,1H3. The smallest absolute Gasteiger partial charge is 0.228 e. The summed E-state index contributed by atoms with van der Waals surface area (Å²) in [6.07, 6.45) is 3.39. The fourth-order valence-electron chi connectivity index (χ4n) is 1.76. The van der Waals surface area contributed by atoms with Gasteiger partial charge in [0.1, 0.15) is 5.52 Å². The van der Waals surface area contributed by atoms with Gasteiger partial charge in [-0.25, -0.2) is 4.98 Å². The van der Waals surface area contributed by atoms with Gasteiger partial charge in [0.15, 0.2) is 11.4 Å². The first-order valence-electron chi connectivity index (χ1n) is 5.56. The number of Topliss-reactive ketones (excluding diaryl/α,β-unsaturated/α-hetero) is 1. The van der Waals surface area contributed by atoms with Gasteiger partial charge in [-0.3, -0.25) is 9.78 Å². The van der Waals surface area contributed by atoms with Crippen LogP contribution in [-0.4, -0.2) is 15.8 Å². The number of carbonyl (C=O) groups is 1. The second-order valence-corrected chi connectivity index (χ2v) is 4.00. The van der Waals surface area contributed by atoms with Crippen molar-refractivity contribution in [1.82, 2.24) is 9.97 Å². The third kappa shape index (κ3) is 1.78. The average molecular weight is 238 g/mol. The molecule has 2 aromatic heterocycles. The molecule has 0 bridgehead atoms. The number of hydrogen-bond donors (Lipinski definition) is 0. The molecule has 0 saturated carbocycles. The van der Waals surface area contributed by atoms with Crippen molar-refractivity contribution in [3.8, 4) is 11.5 Å². The second-order valence-electron chi connectivity index (χ2n) is 4.00. The number of hydrogen-bond acceptors (Lipinski definition) is 4. The van der Waals surface area contributed by atoms with Crippen LogP contribution in [0.25, 0.3) is 22.6 Å². The van der Waals surface area contributed by atoms with Gasteiger partial charge < -0.3 is 4.42 Å². The summed E-state index contributed by atoms with van der Waals surface area (Å²) in [5.74, 6) is 0.529. The lowest BCUT2D eigenvalue weighted by molar-refractivity contribution is 0.101. The predicted molar refractivity (Wildman–Crippen MR) is 67.2 cm³/mol. The van der Waals surface area contributed by atoms with Crippen LogP contribution in [-0.2, 0) is 0 Å². The summed E-state index contributed by atoms with van der Waals surface area (Å²) in [5.41, 5.74) is 2.80. The van der Waals surface area contributed by atoms with Gasteiger partial charge in [-0.05, 0) is 37.3 Å². The fraction of sp³-hybridized carbons (Fsp3) is 0.0714. The molecule has 0 spiro atoms. The molecule has 0 radical (unpaired) electrons. The largest absolute Gasteiger partial charge is 0.436 e. The molecule has 1 aromatic carbocycles. The first-order valence-corrected chi connectivity index (χ1v) is 5.56. The Morgan fingerprint density at radius 1 is 1.28 bits per heavy atom. The Balaban J connectivity index is 2.14. The van der Waals surface area contributed by atoms with E-state index in [-0.39, 0.29) is 5.78 Å². The van der Waals surface area contributed by atoms with Gasteiger partial charge in [-0.2, -0.15) is 0 Å². The van der Waals surface area contributed by atoms with Gasteiger partial charge in [-0.1, -0.05) is 0 Å². The van der Waals surface area contributed by atoms with Gasteiger partial charge in [0, 0.05) is 18.0 Å². The molecule has 3 aromatic rings. The average Bonchev–Trinajstić information content (AvgIpc) is 2.82. The highest BCUT2D eigenvalue weighted by atomic mass is 16.3. The summed E-state index contributed by atoms with van der Waals surface area (Å²) in [4.78, 5) is 19.7. The number of nitrogens with zero attached hydrogens (tertiary/aromatic N) is 2. The van der Waals surface area contributed by atoms with Crippen LogP contribution in [0.5, 0.6) is 0 Å². The number of carbonyl (C=O) groups excluding carboxylic acids is 1. The van der Waals surface area contributed by atoms with E-state index in [0.29, 0.717) is 22.6 Å². The van der Waals surface area contributed by atoms with Crippen molar-refractivity contribution in [2.24, 2.45) is 0 Å². The third-order valence-electron chi connectivity index (χ3n) is 2.70. The van der Waals surface area contributed by atoms with Gasteiger partial charge >= 0.3 is 0 Å². The predicted octanol–water partition coefficient (Wildman–Crippen LogP) is 3.09. The maximum Gasteiger partial charge on any atom is 0.228 e. The van der Waals surface area contributed by atoms with E-state index in [1.165, 1.54) is 6.92 Å². The van der Waals surface area contributed by atoms with E-state index >= 15 is 0 Å². The van der Waals surface area contributed by atoms with E-state index in [1.807, 2.05) is 12.1 Å². The zero-order valence-corrected chi connectivity index (χ0v) is 9.75. The van der Waals surface area contributed by atoms with Crippen LogP contribution in [0, 0.1) is 0 Å². The Bertz CT molecular complexity index is 717. The third-order valence-corrected chi connectivity index (χ3v) is 2.70. The lowest BCUT2D eigenvalue weighted by Gasteiger charge is -1.92. The highest BCUT2D eigenvalue weighted by Gasteiger charge is 2.09. The molecule has 0 aliphatic heterocycles. The zero-order chi connectivity index (χ0) is 12.5. The molecule has 4 nitrogen and oxygen atoms in total. The molecule has 0 atom stereocenters. The van der Waals surface area contributed by atoms with Gasteiger partial charge in [0.2, 0.25) is 5.89 Å². The van der Waals surface area contributed by atoms with E-state index in [9.17, 15) is 4.79 Å². The Kier molecular flexibility index (Phi) is 2.41. The lowest BCUT2D eigenvalue weighted by atomic mass is 10.1. The fourth-order valence-corrected chi connectivity index (χ4v) is 1.76. The quantitative estimate of drug-likeness (QED) is 0.644. The number of pyridine rings is 1. The Hall–Kier alpha value is -2.49. The summed E-state index contributed by atoms with van der Waals surface area (Å²) < 4.78 is 5.63. The molecule has 4 heteroatoms. The van der Waals surface area contributed by atoms with Crippen LogP contribution in [0.2, 0.25) is 0 Å². The summed E-state index contributed by atoms with van der Waals surface area (Å²) in [5, 5.41) is 0. The van der Waals surface area contributed by atoms with Crippen molar-refractivity contribution < 1.29 is 9.21 Å². The molecular weight excluding hydrogens is 228 g/mol. The van der Waals surface area contributed by atoms with Crippen LogP contribution in [0.4, 0.5) is 0 Å². The number of rotatable bonds is 2. The number of ketones is 1. The number of aromatic nitrogens is 2. The minimum absolute atomic E-state index is 0.0165. The van der Waals surface area contributed by atoms with Crippen LogP contribution in [0.15, 0.2) is 47.1 Å². The molecule has 0 fully saturated rings. The summed E-state index contributed by atoms with van der Waals surface area (Å²) >= 11 is 0. The molecule has 0 aliphatic rings. The first kappa shape index (κ1) is 10.7. The summed E-state index contributed by atoms with van der Waals surface area (Å²) in [6.45, 7) is 1.53. The van der Waals surface area contributed by atoms with Crippen molar-refractivity contribution >= 4 is 16.9 Å².